The van der Waals surface area contributed by atoms with E-state index >= 15 is 0 Å². The second kappa shape index (κ2) is 9.08. The summed E-state index contributed by atoms with van der Waals surface area (Å²) in [6.45, 7) is 7.07. The average Bonchev–Trinajstić information content (AvgIpc) is 2.40. The van der Waals surface area contributed by atoms with Crippen LogP contribution in [0.3, 0.4) is 0 Å². The number of hydrogen-bond donors (Lipinski definition) is 2. The third-order valence-corrected chi connectivity index (χ3v) is 3.47. The van der Waals surface area contributed by atoms with Crippen LogP contribution in [0.2, 0.25) is 0 Å². The summed E-state index contributed by atoms with van der Waals surface area (Å²) in [5, 5.41) is 3.45. The van der Waals surface area contributed by atoms with Crippen LogP contribution in [0.15, 0.2) is 24.3 Å². The molecule has 2 rings (SSSR count). The molecule has 0 spiro atoms. The van der Waals surface area contributed by atoms with Gasteiger partial charge in [-0.1, -0.05) is 12.1 Å². The molecule has 132 valence electrons. The molecule has 0 unspecified atom stereocenters. The number of benzene rings is 1. The van der Waals surface area contributed by atoms with Crippen molar-refractivity contribution in [1.82, 2.24) is 4.90 Å². The van der Waals surface area contributed by atoms with Gasteiger partial charge in [0.25, 0.3) is 0 Å². The van der Waals surface area contributed by atoms with Crippen LogP contribution in [0.1, 0.15) is 33.6 Å². The van der Waals surface area contributed by atoms with Crippen molar-refractivity contribution in [3.63, 3.8) is 0 Å². The van der Waals surface area contributed by atoms with Crippen LogP contribution in [0.4, 0.5) is 16.2 Å². The van der Waals surface area contributed by atoms with Crippen molar-refractivity contribution in [1.29, 1.82) is 0 Å². The molecule has 1 aliphatic heterocycles. The minimum atomic E-state index is -0.440. The van der Waals surface area contributed by atoms with Crippen LogP contribution in [-0.4, -0.2) is 35.7 Å². The Kier molecular flexibility index (Phi) is 8.56. The number of likely N-dealkylation sites (tertiary alicyclic amines) is 1. The number of piperidine rings is 1. The van der Waals surface area contributed by atoms with E-state index in [1.54, 1.807) is 4.90 Å². The number of anilines is 2. The van der Waals surface area contributed by atoms with Crippen LogP contribution in [-0.2, 0) is 4.74 Å². The predicted octanol–water partition coefficient (Wildman–Crippen LogP) is 3.92. The van der Waals surface area contributed by atoms with Gasteiger partial charge in [-0.15, -0.1) is 24.8 Å². The topological polar surface area (TPSA) is 67.6 Å². The van der Waals surface area contributed by atoms with Gasteiger partial charge in [0.2, 0.25) is 0 Å². The molecule has 0 saturated carbocycles. The van der Waals surface area contributed by atoms with Crippen molar-refractivity contribution in [3.8, 4) is 0 Å². The van der Waals surface area contributed by atoms with E-state index in [2.05, 4.69) is 5.32 Å². The Labute approximate surface area is 150 Å². The molecule has 1 aromatic carbocycles. The van der Waals surface area contributed by atoms with Crippen LogP contribution in [0.5, 0.6) is 0 Å². The van der Waals surface area contributed by atoms with Gasteiger partial charge in [-0.3, -0.25) is 0 Å². The number of nitrogen functional groups attached to an aromatic ring is 1. The number of carbonyl (C=O) groups excluding carboxylic acids is 1. The SMILES string of the molecule is CC(C)(C)OC(=O)N1CCC(Nc2ccccc2N)CC1.Cl.Cl. The number of ether oxygens (including phenoxy) is 1. The first-order valence-corrected chi connectivity index (χ1v) is 7.44. The van der Waals surface area contributed by atoms with E-state index in [1.165, 1.54) is 0 Å². The number of amides is 1. The first-order chi connectivity index (χ1) is 9.85. The molecule has 23 heavy (non-hydrogen) atoms. The highest BCUT2D eigenvalue weighted by molar-refractivity contribution is 5.85. The molecule has 3 N–H and O–H groups in total. The third kappa shape index (κ3) is 6.75. The maximum atomic E-state index is 12.0. The number of carbonyl (C=O) groups is 1. The Hall–Kier alpha value is -1.33. The van der Waals surface area contributed by atoms with E-state index in [1.807, 2.05) is 45.0 Å². The number of hydrogen-bond acceptors (Lipinski definition) is 4. The number of halogens is 2. The maximum absolute atomic E-state index is 12.0. The van der Waals surface area contributed by atoms with E-state index in [4.69, 9.17) is 10.5 Å². The van der Waals surface area contributed by atoms with Gasteiger partial charge in [-0.25, -0.2) is 4.79 Å². The third-order valence-electron chi connectivity index (χ3n) is 3.47. The zero-order valence-electron chi connectivity index (χ0n) is 13.9. The summed E-state index contributed by atoms with van der Waals surface area (Å²) < 4.78 is 5.40. The molecule has 0 bridgehead atoms. The van der Waals surface area contributed by atoms with Crippen molar-refractivity contribution in [2.75, 3.05) is 24.1 Å². The largest absolute Gasteiger partial charge is 0.444 e. The fourth-order valence-corrected chi connectivity index (χ4v) is 2.38. The predicted molar refractivity (Wildman–Crippen MR) is 99.8 cm³/mol. The molecule has 0 atom stereocenters. The lowest BCUT2D eigenvalue weighted by Gasteiger charge is -2.34. The molecule has 1 heterocycles. The van der Waals surface area contributed by atoms with Crippen molar-refractivity contribution in [3.05, 3.63) is 24.3 Å². The second-order valence-electron chi connectivity index (χ2n) is 6.47. The van der Waals surface area contributed by atoms with Gasteiger partial charge in [0.15, 0.2) is 0 Å². The number of nitrogens with zero attached hydrogens (tertiary/aromatic N) is 1. The summed E-state index contributed by atoms with van der Waals surface area (Å²) in [4.78, 5) is 13.8. The average molecular weight is 364 g/mol. The Morgan fingerprint density at radius 3 is 2.30 bits per heavy atom. The van der Waals surface area contributed by atoms with Crippen molar-refractivity contribution < 1.29 is 9.53 Å². The Balaban J connectivity index is 0.00000242. The molecule has 1 aromatic rings. The molecule has 1 aliphatic rings. The van der Waals surface area contributed by atoms with Crippen LogP contribution in [0, 0.1) is 0 Å². The normalized spacial score (nSPS) is 15.2. The fraction of sp³-hybridized carbons (Fsp3) is 0.562. The maximum Gasteiger partial charge on any atom is 0.410 e. The van der Waals surface area contributed by atoms with E-state index in [0.717, 1.165) is 24.2 Å². The smallest absolute Gasteiger partial charge is 0.410 e. The highest BCUT2D eigenvalue weighted by Crippen LogP contribution is 2.22. The first kappa shape index (κ1) is 21.7. The highest BCUT2D eigenvalue weighted by Gasteiger charge is 2.26. The number of para-hydroxylation sites is 2. The quantitative estimate of drug-likeness (QED) is 0.781. The van der Waals surface area contributed by atoms with Gasteiger partial charge < -0.3 is 20.7 Å². The van der Waals surface area contributed by atoms with Crippen molar-refractivity contribution in [2.24, 2.45) is 0 Å². The molecular weight excluding hydrogens is 337 g/mol. The van der Waals surface area contributed by atoms with Gasteiger partial charge in [0.05, 0.1) is 11.4 Å². The molecule has 0 radical (unpaired) electrons. The number of nitrogens with two attached hydrogens (primary N) is 1. The van der Waals surface area contributed by atoms with E-state index in [9.17, 15) is 4.79 Å². The standard InChI is InChI=1S/C16H25N3O2.2ClH/c1-16(2,3)21-15(20)19-10-8-12(9-11-19)18-14-7-5-4-6-13(14)17;;/h4-7,12,18H,8-11,17H2,1-3H3;2*1H. The van der Waals surface area contributed by atoms with Crippen LogP contribution in [0.25, 0.3) is 0 Å². The lowest BCUT2D eigenvalue weighted by Crippen LogP contribution is -2.44. The Morgan fingerprint density at radius 2 is 1.78 bits per heavy atom. The molecule has 0 aliphatic carbocycles. The lowest BCUT2D eigenvalue weighted by atomic mass is 10.0. The minimum Gasteiger partial charge on any atom is -0.444 e. The van der Waals surface area contributed by atoms with E-state index < -0.39 is 5.60 Å². The zero-order valence-corrected chi connectivity index (χ0v) is 15.5. The highest BCUT2D eigenvalue weighted by atomic mass is 35.5. The summed E-state index contributed by atoms with van der Waals surface area (Å²) in [7, 11) is 0. The zero-order chi connectivity index (χ0) is 15.5. The number of nitrogens with one attached hydrogen (secondary N) is 1. The Bertz CT molecular complexity index is 498. The summed E-state index contributed by atoms with van der Waals surface area (Å²) in [5.74, 6) is 0. The summed E-state index contributed by atoms with van der Waals surface area (Å²) in [6.07, 6.45) is 1.57. The molecular formula is C16H27Cl2N3O2. The minimum absolute atomic E-state index is 0. The fourth-order valence-electron chi connectivity index (χ4n) is 2.38. The summed E-state index contributed by atoms with van der Waals surface area (Å²) in [6, 6.07) is 8.10. The molecule has 1 saturated heterocycles. The monoisotopic (exact) mass is 363 g/mol. The van der Waals surface area contributed by atoms with E-state index in [-0.39, 0.29) is 30.9 Å². The molecule has 1 fully saturated rings. The molecule has 7 heteroatoms. The molecule has 1 amide bonds. The Morgan fingerprint density at radius 1 is 1.22 bits per heavy atom. The van der Waals surface area contributed by atoms with Gasteiger partial charge in [-0.2, -0.15) is 0 Å². The van der Waals surface area contributed by atoms with E-state index in [0.29, 0.717) is 19.1 Å². The van der Waals surface area contributed by atoms with Gasteiger partial charge in [0.1, 0.15) is 5.60 Å². The first-order valence-electron chi connectivity index (χ1n) is 7.44. The van der Waals surface area contributed by atoms with Crippen molar-refractivity contribution >= 4 is 42.3 Å². The van der Waals surface area contributed by atoms with Crippen LogP contribution >= 0.6 is 24.8 Å². The van der Waals surface area contributed by atoms with Crippen LogP contribution < -0.4 is 11.1 Å². The van der Waals surface area contributed by atoms with Gasteiger partial charge in [0, 0.05) is 19.1 Å². The summed E-state index contributed by atoms with van der Waals surface area (Å²) >= 11 is 0. The van der Waals surface area contributed by atoms with Crippen molar-refractivity contribution in [2.45, 2.75) is 45.3 Å². The lowest BCUT2D eigenvalue weighted by molar-refractivity contribution is 0.0210. The number of rotatable bonds is 2. The van der Waals surface area contributed by atoms with Gasteiger partial charge in [-0.05, 0) is 45.7 Å². The second-order valence-corrected chi connectivity index (χ2v) is 6.47. The molecule has 0 aromatic heterocycles. The molecule has 5 nitrogen and oxygen atoms in total. The summed E-state index contributed by atoms with van der Waals surface area (Å²) in [5.41, 5.74) is 7.22. The van der Waals surface area contributed by atoms with Gasteiger partial charge >= 0.3 is 6.09 Å².